The maximum Gasteiger partial charge on any atom is 0.241 e. The van der Waals surface area contributed by atoms with Crippen molar-refractivity contribution < 1.29 is 13.7 Å². The van der Waals surface area contributed by atoms with Crippen molar-refractivity contribution in [2.24, 2.45) is 5.92 Å². The third kappa shape index (κ3) is 5.57. The summed E-state index contributed by atoms with van der Waals surface area (Å²) < 4.78 is 19.6. The van der Waals surface area contributed by atoms with Crippen LogP contribution in [0.3, 0.4) is 0 Å². The number of hydrogen-bond acceptors (Lipinski definition) is 5. The van der Waals surface area contributed by atoms with Crippen molar-refractivity contribution in [3.8, 4) is 11.4 Å². The van der Waals surface area contributed by atoms with Crippen LogP contribution in [0.1, 0.15) is 37.3 Å². The summed E-state index contributed by atoms with van der Waals surface area (Å²) in [5.74, 6) is 0.725. The summed E-state index contributed by atoms with van der Waals surface area (Å²) in [6.45, 7) is 3.94. The fourth-order valence-corrected chi connectivity index (χ4v) is 4.07. The summed E-state index contributed by atoms with van der Waals surface area (Å²) in [5, 5.41) is 7.14. The maximum atomic E-state index is 13.1. The van der Waals surface area contributed by atoms with Crippen LogP contribution >= 0.6 is 15.9 Å². The SMILES string of the molecule is CC(NC(=O)C1CCCN(Cc2nc(-c3ccc(Br)cc3)no2)C1)c1ccc(F)cc1. The molecular formula is C23H24BrFN4O2. The molecule has 31 heavy (non-hydrogen) atoms. The Morgan fingerprint density at radius 2 is 2.00 bits per heavy atom. The van der Waals surface area contributed by atoms with Crippen molar-refractivity contribution in [3.05, 3.63) is 70.3 Å². The Bertz CT molecular complexity index is 1020. The molecule has 2 atom stereocenters. The number of rotatable bonds is 6. The second kappa shape index (κ2) is 9.70. The monoisotopic (exact) mass is 486 g/mol. The van der Waals surface area contributed by atoms with E-state index in [2.05, 4.69) is 36.3 Å². The third-order valence-electron chi connectivity index (χ3n) is 5.53. The zero-order valence-electron chi connectivity index (χ0n) is 17.2. The van der Waals surface area contributed by atoms with Gasteiger partial charge in [-0.25, -0.2) is 4.39 Å². The van der Waals surface area contributed by atoms with Crippen molar-refractivity contribution in [1.82, 2.24) is 20.4 Å². The van der Waals surface area contributed by atoms with Crippen LogP contribution < -0.4 is 5.32 Å². The molecule has 1 amide bonds. The summed E-state index contributed by atoms with van der Waals surface area (Å²) in [6.07, 6.45) is 1.77. The summed E-state index contributed by atoms with van der Waals surface area (Å²) in [5.41, 5.74) is 1.78. The molecule has 1 fully saturated rings. The van der Waals surface area contributed by atoms with Gasteiger partial charge in [0, 0.05) is 16.6 Å². The van der Waals surface area contributed by atoms with Gasteiger partial charge in [0.1, 0.15) is 5.82 Å². The Labute approximate surface area is 189 Å². The molecule has 4 rings (SSSR count). The fourth-order valence-electron chi connectivity index (χ4n) is 3.81. The quantitative estimate of drug-likeness (QED) is 0.545. The predicted molar refractivity (Wildman–Crippen MR) is 118 cm³/mol. The van der Waals surface area contributed by atoms with E-state index in [1.54, 1.807) is 12.1 Å². The lowest BCUT2D eigenvalue weighted by Gasteiger charge is -2.31. The minimum Gasteiger partial charge on any atom is -0.349 e. The number of likely N-dealkylation sites (tertiary alicyclic amines) is 1. The number of amides is 1. The van der Waals surface area contributed by atoms with E-state index < -0.39 is 0 Å². The average molecular weight is 487 g/mol. The van der Waals surface area contributed by atoms with Crippen LogP contribution in [0.15, 0.2) is 57.5 Å². The Morgan fingerprint density at radius 1 is 1.26 bits per heavy atom. The Hall–Kier alpha value is -2.58. The van der Waals surface area contributed by atoms with Crippen molar-refractivity contribution in [2.45, 2.75) is 32.4 Å². The lowest BCUT2D eigenvalue weighted by molar-refractivity contribution is -0.127. The predicted octanol–water partition coefficient (Wildman–Crippen LogP) is 4.73. The highest BCUT2D eigenvalue weighted by Gasteiger charge is 2.27. The maximum absolute atomic E-state index is 13.1. The van der Waals surface area contributed by atoms with Gasteiger partial charge in [0.25, 0.3) is 0 Å². The van der Waals surface area contributed by atoms with Gasteiger partial charge in [-0.1, -0.05) is 33.2 Å². The molecule has 0 saturated carbocycles. The van der Waals surface area contributed by atoms with Gasteiger partial charge in [0.2, 0.25) is 17.6 Å². The number of carbonyl (C=O) groups is 1. The van der Waals surface area contributed by atoms with Crippen LogP contribution in [-0.4, -0.2) is 34.0 Å². The fraction of sp³-hybridized carbons (Fsp3) is 0.348. The number of aromatic nitrogens is 2. The molecule has 0 spiro atoms. The molecule has 2 heterocycles. The van der Waals surface area contributed by atoms with Gasteiger partial charge in [-0.05, 0) is 68.3 Å². The van der Waals surface area contributed by atoms with Crippen molar-refractivity contribution >= 4 is 21.8 Å². The third-order valence-corrected chi connectivity index (χ3v) is 6.06. The first-order valence-electron chi connectivity index (χ1n) is 10.3. The van der Waals surface area contributed by atoms with Crippen LogP contribution in [0.25, 0.3) is 11.4 Å². The average Bonchev–Trinajstić information content (AvgIpc) is 3.23. The molecule has 8 heteroatoms. The zero-order chi connectivity index (χ0) is 21.8. The molecule has 1 aliphatic rings. The standard InChI is InChI=1S/C23H24BrFN4O2/c1-15(16-6-10-20(25)11-7-16)26-23(30)18-3-2-12-29(13-18)14-21-27-22(28-31-21)17-4-8-19(24)9-5-17/h4-11,15,18H,2-3,12-14H2,1H3,(H,26,30). The normalized spacial score (nSPS) is 18.0. The molecule has 0 radical (unpaired) electrons. The Kier molecular flexibility index (Phi) is 6.77. The highest BCUT2D eigenvalue weighted by molar-refractivity contribution is 9.10. The molecule has 0 aliphatic carbocycles. The smallest absolute Gasteiger partial charge is 0.241 e. The molecule has 1 aliphatic heterocycles. The van der Waals surface area contributed by atoms with E-state index in [0.29, 0.717) is 24.8 Å². The second-order valence-electron chi connectivity index (χ2n) is 7.87. The van der Waals surface area contributed by atoms with Crippen LogP contribution in [0.4, 0.5) is 4.39 Å². The van der Waals surface area contributed by atoms with Gasteiger partial charge < -0.3 is 9.84 Å². The minimum absolute atomic E-state index is 0.0163. The van der Waals surface area contributed by atoms with Gasteiger partial charge in [-0.15, -0.1) is 0 Å². The first-order chi connectivity index (χ1) is 15.0. The number of nitrogens with zero attached hydrogens (tertiary/aromatic N) is 3. The molecule has 0 bridgehead atoms. The van der Waals surface area contributed by atoms with Crippen LogP contribution in [0, 0.1) is 11.7 Å². The van der Waals surface area contributed by atoms with E-state index in [9.17, 15) is 9.18 Å². The van der Waals surface area contributed by atoms with E-state index in [-0.39, 0.29) is 23.7 Å². The highest BCUT2D eigenvalue weighted by atomic mass is 79.9. The molecule has 2 aromatic carbocycles. The number of halogens is 2. The van der Waals surface area contributed by atoms with Crippen LogP contribution in [0.2, 0.25) is 0 Å². The number of piperidine rings is 1. The van der Waals surface area contributed by atoms with Crippen molar-refractivity contribution in [2.75, 3.05) is 13.1 Å². The van der Waals surface area contributed by atoms with E-state index >= 15 is 0 Å². The lowest BCUT2D eigenvalue weighted by Crippen LogP contribution is -2.43. The molecule has 1 aromatic heterocycles. The molecule has 162 valence electrons. The summed E-state index contributed by atoms with van der Waals surface area (Å²) in [4.78, 5) is 19.5. The molecule has 1 N–H and O–H groups in total. The van der Waals surface area contributed by atoms with Gasteiger partial charge >= 0.3 is 0 Å². The zero-order valence-corrected chi connectivity index (χ0v) is 18.8. The number of nitrogens with one attached hydrogen (secondary N) is 1. The van der Waals surface area contributed by atoms with Gasteiger partial charge in [0.05, 0.1) is 18.5 Å². The topological polar surface area (TPSA) is 71.3 Å². The number of hydrogen-bond donors (Lipinski definition) is 1. The minimum atomic E-state index is -0.283. The van der Waals surface area contributed by atoms with Gasteiger partial charge in [0.15, 0.2) is 0 Å². The molecule has 6 nitrogen and oxygen atoms in total. The van der Waals surface area contributed by atoms with Crippen molar-refractivity contribution in [1.29, 1.82) is 0 Å². The Morgan fingerprint density at radius 3 is 2.74 bits per heavy atom. The molecule has 2 unspecified atom stereocenters. The highest BCUT2D eigenvalue weighted by Crippen LogP contribution is 2.22. The van der Waals surface area contributed by atoms with Crippen molar-refractivity contribution in [3.63, 3.8) is 0 Å². The van der Waals surface area contributed by atoms with E-state index in [1.807, 2.05) is 31.2 Å². The summed E-state index contributed by atoms with van der Waals surface area (Å²) in [7, 11) is 0. The molecule has 1 saturated heterocycles. The first kappa shape index (κ1) is 21.6. The molecular weight excluding hydrogens is 463 g/mol. The summed E-state index contributed by atoms with van der Waals surface area (Å²) >= 11 is 3.42. The van der Waals surface area contributed by atoms with E-state index in [1.165, 1.54) is 12.1 Å². The summed E-state index contributed by atoms with van der Waals surface area (Å²) in [6, 6.07) is 13.8. The second-order valence-corrected chi connectivity index (χ2v) is 8.79. The van der Waals surface area contributed by atoms with E-state index in [0.717, 1.165) is 35.0 Å². The first-order valence-corrected chi connectivity index (χ1v) is 11.1. The van der Waals surface area contributed by atoms with Crippen LogP contribution in [0.5, 0.6) is 0 Å². The number of benzene rings is 2. The van der Waals surface area contributed by atoms with Gasteiger partial charge in [-0.2, -0.15) is 4.98 Å². The number of carbonyl (C=O) groups excluding carboxylic acids is 1. The molecule has 3 aromatic rings. The van der Waals surface area contributed by atoms with Crippen LogP contribution in [-0.2, 0) is 11.3 Å². The van der Waals surface area contributed by atoms with Gasteiger partial charge in [-0.3, -0.25) is 9.69 Å². The largest absolute Gasteiger partial charge is 0.349 e. The van der Waals surface area contributed by atoms with E-state index in [4.69, 9.17) is 4.52 Å². The Balaban J connectivity index is 1.33. The lowest BCUT2D eigenvalue weighted by atomic mass is 9.96.